The highest BCUT2D eigenvalue weighted by atomic mass is 16.5. The summed E-state index contributed by atoms with van der Waals surface area (Å²) in [6.07, 6.45) is -0.442. The molecule has 0 radical (unpaired) electrons. The lowest BCUT2D eigenvalue weighted by molar-refractivity contribution is 0.144. The highest BCUT2D eigenvalue weighted by Gasteiger charge is 2.28. The van der Waals surface area contributed by atoms with E-state index in [1.54, 1.807) is 0 Å². The lowest BCUT2D eigenvalue weighted by Gasteiger charge is -2.14. The lowest BCUT2D eigenvalue weighted by Crippen LogP contribution is -2.26. The summed E-state index contributed by atoms with van der Waals surface area (Å²) in [5.74, 6) is 6.22. The maximum Gasteiger partial charge on any atom is 0.407 e. The van der Waals surface area contributed by atoms with E-state index in [1.807, 2.05) is 24.3 Å². The first-order chi connectivity index (χ1) is 14.5. The monoisotopic (exact) mass is 395 g/mol. The molecule has 3 aromatic carbocycles. The molecule has 1 aliphatic rings. The van der Waals surface area contributed by atoms with Crippen molar-refractivity contribution in [3.8, 4) is 23.0 Å². The number of aryl methyl sites for hydroxylation is 3. The molecule has 0 spiro atoms. The van der Waals surface area contributed by atoms with Crippen LogP contribution in [-0.2, 0) is 4.74 Å². The Bertz CT molecular complexity index is 1120. The molecule has 0 aromatic heterocycles. The molecule has 30 heavy (non-hydrogen) atoms. The van der Waals surface area contributed by atoms with E-state index in [0.717, 1.165) is 11.1 Å². The number of benzene rings is 3. The van der Waals surface area contributed by atoms with Crippen LogP contribution >= 0.6 is 0 Å². The Morgan fingerprint density at radius 3 is 2.17 bits per heavy atom. The van der Waals surface area contributed by atoms with E-state index >= 15 is 0 Å². The molecule has 0 aliphatic heterocycles. The van der Waals surface area contributed by atoms with Gasteiger partial charge in [0.15, 0.2) is 0 Å². The van der Waals surface area contributed by atoms with Crippen LogP contribution in [0.3, 0.4) is 0 Å². The maximum absolute atomic E-state index is 12.2. The van der Waals surface area contributed by atoms with Crippen LogP contribution < -0.4 is 5.32 Å². The van der Waals surface area contributed by atoms with Crippen LogP contribution in [0.5, 0.6) is 0 Å². The van der Waals surface area contributed by atoms with Gasteiger partial charge in [0.05, 0.1) is 6.54 Å². The Balaban J connectivity index is 1.36. The van der Waals surface area contributed by atoms with Crippen molar-refractivity contribution < 1.29 is 9.53 Å². The molecule has 0 atom stereocenters. The van der Waals surface area contributed by atoms with E-state index in [9.17, 15) is 4.79 Å². The first-order valence-electron chi connectivity index (χ1n) is 10.2. The Kier molecular flexibility index (Phi) is 5.59. The standard InChI is InChI=1S/C27H25NO2/c1-18-15-20(3)21(16-19(18)2)9-8-14-28-27(29)30-17-26-24-12-6-4-10-22(24)23-11-5-7-13-25(23)26/h4-7,10-13,15-16,26H,14,17H2,1-3H3,(H,28,29). The second kappa shape index (κ2) is 8.47. The molecule has 0 saturated carbocycles. The van der Waals surface area contributed by atoms with Gasteiger partial charge in [0.25, 0.3) is 0 Å². The second-order valence-corrected chi connectivity index (χ2v) is 7.73. The summed E-state index contributed by atoms with van der Waals surface area (Å²) >= 11 is 0. The molecule has 0 unspecified atom stereocenters. The van der Waals surface area contributed by atoms with Crippen LogP contribution in [0.2, 0.25) is 0 Å². The molecule has 0 heterocycles. The first-order valence-corrected chi connectivity index (χ1v) is 10.2. The van der Waals surface area contributed by atoms with Crippen molar-refractivity contribution in [3.63, 3.8) is 0 Å². The van der Waals surface area contributed by atoms with Crippen molar-refractivity contribution >= 4 is 6.09 Å². The zero-order chi connectivity index (χ0) is 21.1. The molecule has 0 saturated heterocycles. The zero-order valence-electron chi connectivity index (χ0n) is 17.6. The van der Waals surface area contributed by atoms with E-state index in [4.69, 9.17) is 4.74 Å². The fraction of sp³-hybridized carbons (Fsp3) is 0.222. The van der Waals surface area contributed by atoms with E-state index in [1.165, 1.54) is 33.4 Å². The Labute approximate surface area is 178 Å². The van der Waals surface area contributed by atoms with Gasteiger partial charge in [0.2, 0.25) is 0 Å². The fourth-order valence-electron chi connectivity index (χ4n) is 4.00. The van der Waals surface area contributed by atoms with Crippen molar-refractivity contribution in [2.24, 2.45) is 0 Å². The summed E-state index contributed by atoms with van der Waals surface area (Å²) in [5, 5.41) is 2.74. The van der Waals surface area contributed by atoms with Gasteiger partial charge in [-0.15, -0.1) is 0 Å². The van der Waals surface area contributed by atoms with E-state index in [0.29, 0.717) is 6.61 Å². The summed E-state index contributed by atoms with van der Waals surface area (Å²) in [5.41, 5.74) is 9.46. The van der Waals surface area contributed by atoms with Gasteiger partial charge in [-0.25, -0.2) is 4.79 Å². The van der Waals surface area contributed by atoms with Crippen molar-refractivity contribution in [2.45, 2.75) is 26.7 Å². The number of ether oxygens (including phenoxy) is 1. The molecular weight excluding hydrogens is 370 g/mol. The number of amides is 1. The lowest BCUT2D eigenvalue weighted by atomic mass is 9.98. The molecule has 3 heteroatoms. The van der Waals surface area contributed by atoms with E-state index < -0.39 is 6.09 Å². The average molecular weight is 396 g/mol. The van der Waals surface area contributed by atoms with Crippen LogP contribution in [0, 0.1) is 32.6 Å². The molecule has 1 N–H and O–H groups in total. The number of carbonyl (C=O) groups excluding carboxylic acids is 1. The van der Waals surface area contributed by atoms with Crippen LogP contribution in [0.4, 0.5) is 4.79 Å². The Morgan fingerprint density at radius 1 is 0.900 bits per heavy atom. The van der Waals surface area contributed by atoms with Gasteiger partial charge in [-0.2, -0.15) is 0 Å². The molecule has 3 nitrogen and oxygen atoms in total. The molecule has 0 bridgehead atoms. The van der Waals surface area contributed by atoms with Gasteiger partial charge in [0.1, 0.15) is 6.61 Å². The Morgan fingerprint density at radius 2 is 1.50 bits per heavy atom. The quantitative estimate of drug-likeness (QED) is 0.595. The second-order valence-electron chi connectivity index (χ2n) is 7.73. The highest BCUT2D eigenvalue weighted by molar-refractivity contribution is 5.79. The third-order valence-electron chi connectivity index (χ3n) is 5.73. The summed E-state index contributed by atoms with van der Waals surface area (Å²) in [6, 6.07) is 20.8. The summed E-state index contributed by atoms with van der Waals surface area (Å²) < 4.78 is 5.53. The topological polar surface area (TPSA) is 38.3 Å². The molecule has 3 aromatic rings. The van der Waals surface area contributed by atoms with Gasteiger partial charge in [0, 0.05) is 11.5 Å². The largest absolute Gasteiger partial charge is 0.449 e. The number of alkyl carbamates (subject to hydrolysis) is 1. The van der Waals surface area contributed by atoms with Gasteiger partial charge in [-0.05, 0) is 65.8 Å². The number of hydrogen-bond acceptors (Lipinski definition) is 2. The molecule has 1 aliphatic carbocycles. The molecule has 4 rings (SSSR count). The number of fused-ring (bicyclic) bond motifs is 3. The van der Waals surface area contributed by atoms with Crippen molar-refractivity contribution in [2.75, 3.05) is 13.2 Å². The number of hydrogen-bond donors (Lipinski definition) is 1. The van der Waals surface area contributed by atoms with Gasteiger partial charge < -0.3 is 10.1 Å². The summed E-state index contributed by atoms with van der Waals surface area (Å²) in [4.78, 5) is 12.2. The number of nitrogens with one attached hydrogen (secondary N) is 1. The number of rotatable bonds is 3. The summed E-state index contributed by atoms with van der Waals surface area (Å²) in [7, 11) is 0. The predicted molar refractivity (Wildman–Crippen MR) is 121 cm³/mol. The van der Waals surface area contributed by atoms with Crippen molar-refractivity contribution in [1.82, 2.24) is 5.32 Å². The molecule has 150 valence electrons. The summed E-state index contributed by atoms with van der Waals surface area (Å²) in [6.45, 7) is 6.79. The molecule has 1 amide bonds. The van der Waals surface area contributed by atoms with Gasteiger partial charge in [-0.3, -0.25) is 0 Å². The smallest absolute Gasteiger partial charge is 0.407 e. The minimum Gasteiger partial charge on any atom is -0.449 e. The van der Waals surface area contributed by atoms with Gasteiger partial charge in [-0.1, -0.05) is 66.4 Å². The molecule has 0 fully saturated rings. The molecular formula is C27H25NO2. The SMILES string of the molecule is Cc1cc(C)c(C#CCNC(=O)OCC2c3ccccc3-c3ccccc32)cc1C. The van der Waals surface area contributed by atoms with E-state index in [-0.39, 0.29) is 12.5 Å². The highest BCUT2D eigenvalue weighted by Crippen LogP contribution is 2.44. The maximum atomic E-state index is 12.2. The fourth-order valence-corrected chi connectivity index (χ4v) is 4.00. The Hall–Kier alpha value is -3.51. The first kappa shape index (κ1) is 19.8. The van der Waals surface area contributed by atoms with Crippen LogP contribution in [0.15, 0.2) is 60.7 Å². The van der Waals surface area contributed by atoms with Crippen molar-refractivity contribution in [1.29, 1.82) is 0 Å². The van der Waals surface area contributed by atoms with E-state index in [2.05, 4.69) is 74.3 Å². The normalized spacial score (nSPS) is 11.8. The minimum atomic E-state index is -0.442. The van der Waals surface area contributed by atoms with Gasteiger partial charge >= 0.3 is 6.09 Å². The third-order valence-corrected chi connectivity index (χ3v) is 5.73. The predicted octanol–water partition coefficient (Wildman–Crippen LogP) is 5.50. The third kappa shape index (κ3) is 3.95. The number of carbonyl (C=O) groups is 1. The van der Waals surface area contributed by atoms with Crippen LogP contribution in [-0.4, -0.2) is 19.2 Å². The van der Waals surface area contributed by atoms with Crippen LogP contribution in [0.25, 0.3) is 11.1 Å². The average Bonchev–Trinajstić information content (AvgIpc) is 3.07. The zero-order valence-corrected chi connectivity index (χ0v) is 17.6. The van der Waals surface area contributed by atoms with Crippen molar-refractivity contribution in [3.05, 3.63) is 94.0 Å². The van der Waals surface area contributed by atoms with Crippen LogP contribution in [0.1, 0.15) is 39.3 Å². The minimum absolute atomic E-state index is 0.0624.